The molecule has 0 aliphatic carbocycles. The molecule has 5 nitrogen and oxygen atoms in total. The van der Waals surface area contributed by atoms with Crippen LogP contribution in [-0.4, -0.2) is 10.2 Å². The fourth-order valence-corrected chi connectivity index (χ4v) is 7.50. The van der Waals surface area contributed by atoms with E-state index in [-0.39, 0.29) is 0 Å². The molecule has 0 bridgehead atoms. The molecule has 11 rings (SSSR count). The fourth-order valence-electron chi connectivity index (χ4n) is 7.50. The lowest BCUT2D eigenvalue weighted by Gasteiger charge is -2.07. The van der Waals surface area contributed by atoms with Gasteiger partial charge < -0.3 is 13.3 Å². The SMILES string of the molecule is c1ccc2c(c1)oc1c(-c3ccc4ccc(-c5nnc(-c6ccc7ccc(-c8cccc9c8oc8ccccc89)cc7c6)o5)cc4c3)cccc12. The van der Waals surface area contributed by atoms with Crippen LogP contribution in [0.3, 0.4) is 0 Å². The molecular formula is C46H26N2O3. The molecule has 238 valence electrons. The van der Waals surface area contributed by atoms with Crippen LogP contribution in [0.5, 0.6) is 0 Å². The van der Waals surface area contributed by atoms with Crippen molar-refractivity contribution in [3.05, 3.63) is 158 Å². The predicted octanol–water partition coefficient (Wildman–Crippen LogP) is 12.8. The highest BCUT2D eigenvalue weighted by Gasteiger charge is 2.16. The minimum Gasteiger partial charge on any atom is -0.455 e. The molecule has 0 N–H and O–H groups in total. The summed E-state index contributed by atoms with van der Waals surface area (Å²) in [6, 6.07) is 54.5. The quantitative estimate of drug-likeness (QED) is 0.189. The molecule has 0 saturated carbocycles. The standard InChI is InChI=1S/C46H26N2O3/c1-3-13-41-37(7-1)39-11-5-9-35(43(39)49-41)29-19-15-27-17-21-31(25-33(27)23-29)45-47-48-46(51-45)32-22-18-28-16-20-30(24-34(28)26-32)36-10-6-12-40-38-8-2-4-14-42(38)50-44(36)40/h1-26H. The molecule has 3 aromatic heterocycles. The summed E-state index contributed by atoms with van der Waals surface area (Å²) in [6.07, 6.45) is 0. The molecule has 5 heteroatoms. The van der Waals surface area contributed by atoms with Gasteiger partial charge in [0.2, 0.25) is 11.8 Å². The van der Waals surface area contributed by atoms with E-state index >= 15 is 0 Å². The lowest BCUT2D eigenvalue weighted by atomic mass is 9.98. The van der Waals surface area contributed by atoms with Crippen molar-refractivity contribution >= 4 is 65.4 Å². The minimum absolute atomic E-state index is 0.474. The molecule has 0 unspecified atom stereocenters. The van der Waals surface area contributed by atoms with Crippen LogP contribution < -0.4 is 0 Å². The third kappa shape index (κ3) is 4.42. The van der Waals surface area contributed by atoms with Crippen molar-refractivity contribution in [1.82, 2.24) is 10.2 Å². The zero-order valence-electron chi connectivity index (χ0n) is 27.1. The number of para-hydroxylation sites is 4. The van der Waals surface area contributed by atoms with Crippen LogP contribution in [0, 0.1) is 0 Å². The smallest absolute Gasteiger partial charge is 0.248 e. The van der Waals surface area contributed by atoms with Crippen molar-refractivity contribution in [2.24, 2.45) is 0 Å². The summed E-state index contributed by atoms with van der Waals surface area (Å²) in [6.45, 7) is 0. The van der Waals surface area contributed by atoms with Gasteiger partial charge in [-0.1, -0.05) is 109 Å². The molecule has 11 aromatic rings. The van der Waals surface area contributed by atoms with Gasteiger partial charge >= 0.3 is 0 Å². The van der Waals surface area contributed by atoms with E-state index in [1.54, 1.807) is 0 Å². The van der Waals surface area contributed by atoms with E-state index in [1.165, 1.54) is 0 Å². The lowest BCUT2D eigenvalue weighted by Crippen LogP contribution is -1.83. The topological polar surface area (TPSA) is 65.2 Å². The molecular weight excluding hydrogens is 629 g/mol. The Hall–Kier alpha value is -6.98. The van der Waals surface area contributed by atoms with Gasteiger partial charge in [-0.25, -0.2) is 0 Å². The molecule has 0 aliphatic heterocycles. The molecule has 8 aromatic carbocycles. The van der Waals surface area contributed by atoms with Gasteiger partial charge in [0.1, 0.15) is 22.3 Å². The Labute approximate surface area is 291 Å². The summed E-state index contributed by atoms with van der Waals surface area (Å²) in [7, 11) is 0. The third-order valence-corrected chi connectivity index (χ3v) is 10.0. The number of benzene rings is 8. The Morgan fingerprint density at radius 3 is 1.22 bits per heavy atom. The minimum atomic E-state index is 0.474. The molecule has 51 heavy (non-hydrogen) atoms. The molecule has 3 heterocycles. The highest BCUT2D eigenvalue weighted by Crippen LogP contribution is 2.39. The van der Waals surface area contributed by atoms with Gasteiger partial charge in [-0.15, -0.1) is 10.2 Å². The van der Waals surface area contributed by atoms with E-state index in [0.29, 0.717) is 11.8 Å². The van der Waals surface area contributed by atoms with Crippen LogP contribution in [0.1, 0.15) is 0 Å². The molecule has 0 aliphatic rings. The highest BCUT2D eigenvalue weighted by atomic mass is 16.4. The normalized spacial score (nSPS) is 11.9. The number of rotatable bonds is 4. The van der Waals surface area contributed by atoms with Crippen LogP contribution in [0.25, 0.3) is 111 Å². The molecule has 0 radical (unpaired) electrons. The second kappa shape index (κ2) is 10.8. The van der Waals surface area contributed by atoms with Gasteiger partial charge in [0, 0.05) is 43.8 Å². The van der Waals surface area contributed by atoms with E-state index in [2.05, 4.69) is 119 Å². The number of hydrogen-bond donors (Lipinski definition) is 0. The predicted molar refractivity (Wildman–Crippen MR) is 206 cm³/mol. The van der Waals surface area contributed by atoms with Crippen molar-refractivity contribution in [1.29, 1.82) is 0 Å². The fraction of sp³-hybridized carbons (Fsp3) is 0. The third-order valence-electron chi connectivity index (χ3n) is 10.0. The zero-order chi connectivity index (χ0) is 33.5. The Morgan fingerprint density at radius 1 is 0.314 bits per heavy atom. The van der Waals surface area contributed by atoms with Crippen LogP contribution in [0.4, 0.5) is 0 Å². The Bertz CT molecular complexity index is 2950. The Balaban J connectivity index is 0.946. The van der Waals surface area contributed by atoms with E-state index in [4.69, 9.17) is 13.3 Å². The van der Waals surface area contributed by atoms with Crippen LogP contribution in [0.2, 0.25) is 0 Å². The first-order chi connectivity index (χ1) is 25.2. The summed E-state index contributed by atoms with van der Waals surface area (Å²) in [5.41, 5.74) is 9.59. The first kappa shape index (κ1) is 27.9. The molecule has 0 amide bonds. The number of nitrogens with zero attached hydrogens (tertiary/aromatic N) is 2. The highest BCUT2D eigenvalue weighted by molar-refractivity contribution is 6.11. The van der Waals surface area contributed by atoms with Crippen molar-refractivity contribution in [2.75, 3.05) is 0 Å². The maximum Gasteiger partial charge on any atom is 0.248 e. The van der Waals surface area contributed by atoms with Gasteiger partial charge in [0.15, 0.2) is 0 Å². The summed E-state index contributed by atoms with van der Waals surface area (Å²) in [4.78, 5) is 0. The van der Waals surface area contributed by atoms with E-state index in [0.717, 1.165) is 98.8 Å². The van der Waals surface area contributed by atoms with Gasteiger partial charge in [-0.3, -0.25) is 0 Å². The Kier molecular flexibility index (Phi) is 5.89. The van der Waals surface area contributed by atoms with Crippen LogP contribution in [-0.2, 0) is 0 Å². The average molecular weight is 655 g/mol. The van der Waals surface area contributed by atoms with Crippen LogP contribution >= 0.6 is 0 Å². The van der Waals surface area contributed by atoms with Crippen molar-refractivity contribution in [3.8, 4) is 45.2 Å². The van der Waals surface area contributed by atoms with E-state index in [1.807, 2.05) is 48.5 Å². The van der Waals surface area contributed by atoms with Gasteiger partial charge in [-0.05, 0) is 81.2 Å². The monoisotopic (exact) mass is 654 g/mol. The molecule has 0 saturated heterocycles. The average Bonchev–Trinajstić information content (AvgIpc) is 3.93. The van der Waals surface area contributed by atoms with Crippen molar-refractivity contribution in [2.45, 2.75) is 0 Å². The first-order valence-electron chi connectivity index (χ1n) is 17.0. The first-order valence-corrected chi connectivity index (χ1v) is 17.0. The lowest BCUT2D eigenvalue weighted by molar-refractivity contribution is 0.585. The molecule has 0 fully saturated rings. The maximum atomic E-state index is 6.33. The summed E-state index contributed by atoms with van der Waals surface area (Å²) in [5.74, 6) is 0.948. The zero-order valence-corrected chi connectivity index (χ0v) is 27.1. The second-order valence-corrected chi connectivity index (χ2v) is 13.0. The van der Waals surface area contributed by atoms with Gasteiger partial charge in [-0.2, -0.15) is 0 Å². The van der Waals surface area contributed by atoms with Gasteiger partial charge in [0.05, 0.1) is 0 Å². The second-order valence-electron chi connectivity index (χ2n) is 13.0. The number of aromatic nitrogens is 2. The van der Waals surface area contributed by atoms with E-state index < -0.39 is 0 Å². The summed E-state index contributed by atoms with van der Waals surface area (Å²) >= 11 is 0. The largest absolute Gasteiger partial charge is 0.455 e. The number of hydrogen-bond acceptors (Lipinski definition) is 5. The maximum absolute atomic E-state index is 6.33. The van der Waals surface area contributed by atoms with Crippen LogP contribution in [0.15, 0.2) is 171 Å². The summed E-state index contributed by atoms with van der Waals surface area (Å²) in [5, 5.41) is 17.8. The number of fused-ring (bicyclic) bond motifs is 8. The Morgan fingerprint density at radius 2 is 0.725 bits per heavy atom. The molecule has 0 spiro atoms. The molecule has 0 atom stereocenters. The number of furan rings is 2. The van der Waals surface area contributed by atoms with E-state index in [9.17, 15) is 0 Å². The summed E-state index contributed by atoms with van der Waals surface area (Å²) < 4.78 is 19.0. The van der Waals surface area contributed by atoms with Crippen molar-refractivity contribution in [3.63, 3.8) is 0 Å². The van der Waals surface area contributed by atoms with Crippen molar-refractivity contribution < 1.29 is 13.3 Å². The van der Waals surface area contributed by atoms with Gasteiger partial charge in [0.25, 0.3) is 0 Å².